The Bertz CT molecular complexity index is 664. The van der Waals surface area contributed by atoms with Gasteiger partial charge in [-0.1, -0.05) is 103 Å². The number of hydrogen-bond acceptors (Lipinski definition) is 6. The van der Waals surface area contributed by atoms with Crippen molar-refractivity contribution in [3.63, 3.8) is 0 Å². The largest absolute Gasteiger partial charge is 0.774 e. The molecule has 0 aromatic heterocycles. The fourth-order valence-electron chi connectivity index (χ4n) is 4.83. The minimum Gasteiger partial charge on any atom is -0.774 e. The molecule has 2 unspecified atom stereocenters. The maximum atomic E-state index is 12.4. The van der Waals surface area contributed by atoms with E-state index < -0.39 is 26.1 Å². The quantitative estimate of drug-likeness (QED) is 0.0358. The lowest BCUT2D eigenvalue weighted by Gasteiger charge is -2.41. The Morgan fingerprint density at radius 1 is 0.795 bits per heavy atom. The van der Waals surface area contributed by atoms with E-state index in [4.69, 9.17) is 9.26 Å². The van der Waals surface area contributed by atoms with Gasteiger partial charge in [0.15, 0.2) is 13.4 Å². The van der Waals surface area contributed by atoms with Crippen molar-refractivity contribution >= 4 is 13.6 Å². The standard InChI is InChI=1S/C31H62NO6P/c1-6-8-9-10-11-12-13-14-15-16-17-18-19-20-21-22-23-24-25-26-31(34)37-27-29(33)28-38-39(35,36)30(7-2)32(3,4)5/h14-15,29-30,33H,6-13,16-28H2,1-5H3/b15-14-/t29-,30?/m1/s1. The molecule has 232 valence electrons. The van der Waals surface area contributed by atoms with Crippen molar-refractivity contribution in [1.29, 1.82) is 0 Å². The molecule has 39 heavy (non-hydrogen) atoms. The second-order valence-electron chi connectivity index (χ2n) is 11.9. The predicted molar refractivity (Wildman–Crippen MR) is 161 cm³/mol. The Morgan fingerprint density at radius 2 is 1.26 bits per heavy atom. The van der Waals surface area contributed by atoms with E-state index in [0.29, 0.717) is 12.8 Å². The van der Waals surface area contributed by atoms with Crippen molar-refractivity contribution in [2.45, 2.75) is 148 Å². The molecule has 0 amide bonds. The van der Waals surface area contributed by atoms with Gasteiger partial charge in [0, 0.05) is 12.8 Å². The van der Waals surface area contributed by atoms with Crippen LogP contribution in [0.3, 0.4) is 0 Å². The Hall–Kier alpha value is -0.720. The summed E-state index contributed by atoms with van der Waals surface area (Å²) in [7, 11) is 1.22. The smallest absolute Gasteiger partial charge is 0.305 e. The van der Waals surface area contributed by atoms with Crippen molar-refractivity contribution in [2.75, 3.05) is 34.4 Å². The molecule has 0 fully saturated rings. The van der Waals surface area contributed by atoms with E-state index in [1.54, 1.807) is 28.1 Å². The number of rotatable bonds is 27. The third-order valence-electron chi connectivity index (χ3n) is 7.15. The van der Waals surface area contributed by atoms with Crippen LogP contribution in [0.4, 0.5) is 0 Å². The zero-order valence-electron chi connectivity index (χ0n) is 26.0. The highest BCUT2D eigenvalue weighted by Gasteiger charge is 2.34. The Labute approximate surface area is 240 Å². The fraction of sp³-hybridized carbons (Fsp3) is 0.903. The van der Waals surface area contributed by atoms with Gasteiger partial charge in [-0.25, -0.2) is 0 Å². The summed E-state index contributed by atoms with van der Waals surface area (Å²) < 4.78 is 22.8. The topological polar surface area (TPSA) is 95.9 Å². The number of aliphatic hydroxyl groups excluding tert-OH is 1. The molecule has 0 heterocycles. The number of carbonyl (C=O) groups is 1. The van der Waals surface area contributed by atoms with Crippen LogP contribution in [0.2, 0.25) is 0 Å². The van der Waals surface area contributed by atoms with E-state index in [1.807, 2.05) is 0 Å². The monoisotopic (exact) mass is 575 g/mol. The molecule has 0 saturated carbocycles. The Morgan fingerprint density at radius 3 is 1.72 bits per heavy atom. The molecule has 0 rings (SSSR count). The molecule has 3 atom stereocenters. The summed E-state index contributed by atoms with van der Waals surface area (Å²) >= 11 is 0. The molecule has 0 aliphatic rings. The maximum absolute atomic E-state index is 12.4. The summed E-state index contributed by atoms with van der Waals surface area (Å²) in [6.07, 6.45) is 25.5. The molecular weight excluding hydrogens is 513 g/mol. The number of aliphatic hydroxyl groups is 1. The van der Waals surface area contributed by atoms with E-state index in [0.717, 1.165) is 19.3 Å². The van der Waals surface area contributed by atoms with Crippen molar-refractivity contribution in [3.8, 4) is 0 Å². The first-order valence-corrected chi connectivity index (χ1v) is 17.4. The second-order valence-corrected chi connectivity index (χ2v) is 13.9. The van der Waals surface area contributed by atoms with Gasteiger partial charge >= 0.3 is 5.97 Å². The van der Waals surface area contributed by atoms with Gasteiger partial charge in [0.25, 0.3) is 0 Å². The highest BCUT2D eigenvalue weighted by Crippen LogP contribution is 2.47. The van der Waals surface area contributed by atoms with E-state index in [-0.39, 0.29) is 17.1 Å². The van der Waals surface area contributed by atoms with E-state index >= 15 is 0 Å². The number of nitrogens with zero attached hydrogens (tertiary/aromatic N) is 1. The molecule has 0 aliphatic heterocycles. The lowest BCUT2D eigenvalue weighted by molar-refractivity contribution is -0.884. The molecule has 7 nitrogen and oxygen atoms in total. The lowest BCUT2D eigenvalue weighted by atomic mass is 10.1. The summed E-state index contributed by atoms with van der Waals surface area (Å²) in [5.74, 6) is -1.06. The maximum Gasteiger partial charge on any atom is 0.305 e. The van der Waals surface area contributed by atoms with Crippen LogP contribution in [-0.4, -0.2) is 61.8 Å². The normalized spacial score (nSPS) is 15.4. The second kappa shape index (κ2) is 23.9. The van der Waals surface area contributed by atoms with Crippen molar-refractivity contribution in [2.24, 2.45) is 0 Å². The summed E-state index contributed by atoms with van der Waals surface area (Å²) in [6, 6.07) is 0. The number of hydrogen-bond donors (Lipinski definition) is 1. The summed E-state index contributed by atoms with van der Waals surface area (Å²) in [5.41, 5.74) is 0. The number of carbonyl (C=O) groups excluding carboxylic acids is 1. The van der Waals surface area contributed by atoms with Gasteiger partial charge in [-0.2, -0.15) is 0 Å². The van der Waals surface area contributed by atoms with Gasteiger partial charge in [-0.05, 0) is 32.1 Å². The third kappa shape index (κ3) is 22.6. The lowest BCUT2D eigenvalue weighted by Crippen LogP contribution is -2.47. The molecule has 8 heteroatoms. The van der Waals surface area contributed by atoms with Crippen LogP contribution in [0.25, 0.3) is 0 Å². The number of unbranched alkanes of at least 4 members (excludes halogenated alkanes) is 15. The van der Waals surface area contributed by atoms with Crippen molar-refractivity contribution < 1.29 is 33.1 Å². The highest BCUT2D eigenvalue weighted by atomic mass is 31.2. The van der Waals surface area contributed by atoms with Crippen LogP contribution in [0, 0.1) is 0 Å². The molecule has 0 aromatic rings. The Kier molecular flexibility index (Phi) is 23.5. The molecule has 0 aromatic carbocycles. The van der Waals surface area contributed by atoms with Gasteiger partial charge in [-0.15, -0.1) is 0 Å². The van der Waals surface area contributed by atoms with Gasteiger partial charge in [0.1, 0.15) is 12.7 Å². The summed E-state index contributed by atoms with van der Waals surface area (Å²) in [4.78, 5) is 24.3. The zero-order valence-corrected chi connectivity index (χ0v) is 26.9. The molecule has 0 bridgehead atoms. The van der Waals surface area contributed by atoms with Gasteiger partial charge in [0.2, 0.25) is 0 Å². The first kappa shape index (κ1) is 38.3. The average Bonchev–Trinajstić information content (AvgIpc) is 2.87. The minimum atomic E-state index is -4.16. The van der Waals surface area contributed by atoms with Crippen LogP contribution in [0.15, 0.2) is 12.2 Å². The first-order chi connectivity index (χ1) is 18.5. The summed E-state index contributed by atoms with van der Waals surface area (Å²) in [5, 5.41) is 9.98. The molecule has 0 spiro atoms. The van der Waals surface area contributed by atoms with E-state index in [2.05, 4.69) is 19.1 Å². The third-order valence-corrected chi connectivity index (χ3v) is 9.45. The number of quaternary nitrogens is 1. The van der Waals surface area contributed by atoms with Gasteiger partial charge < -0.3 is 28.3 Å². The number of esters is 1. The zero-order chi connectivity index (χ0) is 29.4. The van der Waals surface area contributed by atoms with Crippen LogP contribution in [0.5, 0.6) is 0 Å². The van der Waals surface area contributed by atoms with Crippen LogP contribution in [0.1, 0.15) is 136 Å². The van der Waals surface area contributed by atoms with Gasteiger partial charge in [-0.3, -0.25) is 4.79 Å². The average molecular weight is 576 g/mol. The number of ether oxygens (including phenoxy) is 1. The fourth-order valence-corrected chi connectivity index (χ4v) is 6.68. The molecule has 0 radical (unpaired) electrons. The van der Waals surface area contributed by atoms with Crippen molar-refractivity contribution in [3.05, 3.63) is 12.2 Å². The highest BCUT2D eigenvalue weighted by molar-refractivity contribution is 7.51. The summed E-state index contributed by atoms with van der Waals surface area (Å²) in [6.45, 7) is 3.40. The van der Waals surface area contributed by atoms with E-state index in [1.165, 1.54) is 89.9 Å². The van der Waals surface area contributed by atoms with Crippen LogP contribution < -0.4 is 4.89 Å². The Balaban J connectivity index is 3.60. The van der Waals surface area contributed by atoms with Crippen molar-refractivity contribution in [1.82, 2.24) is 0 Å². The minimum absolute atomic E-state index is 0.222. The van der Waals surface area contributed by atoms with Crippen LogP contribution in [-0.2, 0) is 18.6 Å². The number of allylic oxidation sites excluding steroid dienone is 2. The molecule has 0 aliphatic carbocycles. The SMILES string of the molecule is CCCCCCCC/C=C\CCCCCCCCCCCC(=O)OC[C@@H](O)COP(=O)([O-])C(CC)[N+](C)(C)C. The van der Waals surface area contributed by atoms with Gasteiger partial charge in [0.05, 0.1) is 27.7 Å². The first-order valence-electron chi connectivity index (χ1n) is 15.8. The van der Waals surface area contributed by atoms with E-state index in [9.17, 15) is 19.4 Å². The predicted octanol–water partition coefficient (Wildman–Crippen LogP) is 7.50. The molecular formula is C31H62NO6P. The van der Waals surface area contributed by atoms with Crippen LogP contribution >= 0.6 is 7.60 Å². The molecule has 1 N–H and O–H groups in total. The molecule has 0 saturated heterocycles.